The molecule has 7 heteroatoms. The number of aromatic nitrogens is 1. The van der Waals surface area contributed by atoms with Crippen molar-refractivity contribution in [3.05, 3.63) is 83.7 Å². The van der Waals surface area contributed by atoms with Crippen LogP contribution in [0.5, 0.6) is 5.75 Å². The van der Waals surface area contributed by atoms with Crippen LogP contribution >= 0.6 is 0 Å². The number of para-hydroxylation sites is 1. The van der Waals surface area contributed by atoms with Crippen molar-refractivity contribution in [1.29, 1.82) is 0 Å². The fraction of sp³-hybridized carbons (Fsp3) is 0.0500. The third-order valence-corrected chi connectivity index (χ3v) is 3.87. The minimum Gasteiger partial charge on any atom is -0.496 e. The minimum atomic E-state index is -0.997. The summed E-state index contributed by atoms with van der Waals surface area (Å²) in [5.41, 5.74) is 4.39. The summed E-state index contributed by atoms with van der Waals surface area (Å²) in [5.74, 6) is -0.933. The quantitative estimate of drug-likeness (QED) is 0.520. The van der Waals surface area contributed by atoms with Crippen LogP contribution in [-0.4, -0.2) is 34.9 Å². The van der Waals surface area contributed by atoms with Gasteiger partial charge in [0.2, 0.25) is 0 Å². The Hall–Kier alpha value is -3.87. The SMILES string of the molecule is COc1ccccc1C(=O)N/N=C\c1cccn1-c1cccc(C(=O)O)c1. The van der Waals surface area contributed by atoms with E-state index in [2.05, 4.69) is 10.5 Å². The van der Waals surface area contributed by atoms with Crippen LogP contribution in [0.15, 0.2) is 72.0 Å². The van der Waals surface area contributed by atoms with Crippen LogP contribution in [0, 0.1) is 0 Å². The number of hydrogen-bond donors (Lipinski definition) is 2. The number of carboxylic acids is 1. The Morgan fingerprint density at radius 1 is 1.11 bits per heavy atom. The Labute approximate surface area is 155 Å². The molecule has 0 radical (unpaired) electrons. The molecule has 1 amide bonds. The lowest BCUT2D eigenvalue weighted by atomic mass is 10.2. The Bertz CT molecular complexity index is 1010. The molecule has 0 saturated heterocycles. The summed E-state index contributed by atoms with van der Waals surface area (Å²) in [6.45, 7) is 0. The van der Waals surface area contributed by atoms with Crippen molar-refractivity contribution in [2.75, 3.05) is 7.11 Å². The average Bonchev–Trinajstić information content (AvgIpc) is 3.16. The van der Waals surface area contributed by atoms with Gasteiger partial charge in [0.25, 0.3) is 5.91 Å². The highest BCUT2D eigenvalue weighted by atomic mass is 16.5. The molecule has 0 bridgehead atoms. The fourth-order valence-corrected chi connectivity index (χ4v) is 2.57. The number of hydrogen-bond acceptors (Lipinski definition) is 4. The van der Waals surface area contributed by atoms with Crippen molar-refractivity contribution >= 4 is 18.1 Å². The lowest BCUT2D eigenvalue weighted by Crippen LogP contribution is -2.18. The van der Waals surface area contributed by atoms with Gasteiger partial charge in [-0.2, -0.15) is 5.10 Å². The molecule has 0 aliphatic rings. The number of carbonyl (C=O) groups excluding carboxylic acids is 1. The number of carboxylic acid groups (broad SMARTS) is 1. The zero-order valence-electron chi connectivity index (χ0n) is 14.5. The van der Waals surface area contributed by atoms with E-state index in [1.165, 1.54) is 19.4 Å². The maximum absolute atomic E-state index is 12.3. The molecule has 1 aromatic heterocycles. The van der Waals surface area contributed by atoms with E-state index in [4.69, 9.17) is 9.84 Å². The molecule has 0 unspecified atom stereocenters. The normalized spacial score (nSPS) is 10.7. The zero-order chi connectivity index (χ0) is 19.2. The van der Waals surface area contributed by atoms with Gasteiger partial charge in [-0.05, 0) is 42.5 Å². The van der Waals surface area contributed by atoms with Gasteiger partial charge < -0.3 is 14.4 Å². The first-order valence-electron chi connectivity index (χ1n) is 8.07. The third-order valence-electron chi connectivity index (χ3n) is 3.87. The molecular weight excluding hydrogens is 346 g/mol. The fourth-order valence-electron chi connectivity index (χ4n) is 2.57. The Kier molecular flexibility index (Phi) is 5.32. The van der Waals surface area contributed by atoms with E-state index in [9.17, 15) is 9.59 Å². The van der Waals surface area contributed by atoms with Crippen LogP contribution in [0.3, 0.4) is 0 Å². The smallest absolute Gasteiger partial charge is 0.335 e. The lowest BCUT2D eigenvalue weighted by Gasteiger charge is -2.08. The summed E-state index contributed by atoms with van der Waals surface area (Å²) < 4.78 is 6.93. The summed E-state index contributed by atoms with van der Waals surface area (Å²) in [6, 6.07) is 17.0. The molecule has 2 N–H and O–H groups in total. The Balaban J connectivity index is 1.78. The monoisotopic (exact) mass is 363 g/mol. The second-order valence-corrected chi connectivity index (χ2v) is 5.56. The molecule has 0 atom stereocenters. The largest absolute Gasteiger partial charge is 0.496 e. The number of rotatable bonds is 6. The van der Waals surface area contributed by atoms with Gasteiger partial charge >= 0.3 is 5.97 Å². The number of methoxy groups -OCH3 is 1. The molecule has 7 nitrogen and oxygen atoms in total. The molecule has 136 valence electrons. The second kappa shape index (κ2) is 8.01. The number of nitrogens with one attached hydrogen (secondary N) is 1. The van der Waals surface area contributed by atoms with E-state index in [1.807, 2.05) is 0 Å². The predicted octanol–water partition coefficient (Wildman–Crippen LogP) is 2.95. The van der Waals surface area contributed by atoms with Crippen LogP contribution < -0.4 is 10.2 Å². The molecule has 27 heavy (non-hydrogen) atoms. The average molecular weight is 363 g/mol. The van der Waals surface area contributed by atoms with Gasteiger partial charge in [-0.1, -0.05) is 18.2 Å². The Morgan fingerprint density at radius 2 is 1.93 bits per heavy atom. The van der Waals surface area contributed by atoms with E-state index in [0.717, 1.165) is 0 Å². The molecule has 3 aromatic rings. The molecule has 2 aromatic carbocycles. The molecule has 0 aliphatic carbocycles. The highest BCUT2D eigenvalue weighted by Gasteiger charge is 2.10. The summed E-state index contributed by atoms with van der Waals surface area (Å²) in [7, 11) is 1.49. The van der Waals surface area contributed by atoms with E-state index >= 15 is 0 Å². The number of carbonyl (C=O) groups is 2. The third kappa shape index (κ3) is 4.04. The van der Waals surface area contributed by atoms with E-state index in [1.54, 1.807) is 65.4 Å². The molecular formula is C20H17N3O4. The van der Waals surface area contributed by atoms with Gasteiger partial charge in [-0.3, -0.25) is 4.79 Å². The molecule has 3 rings (SSSR count). The standard InChI is InChI=1S/C20H17N3O4/c1-27-18-10-3-2-9-17(18)19(24)22-21-13-16-8-5-11-23(16)15-7-4-6-14(12-15)20(25)26/h2-13H,1H3,(H,22,24)(H,25,26)/b21-13-. The number of benzene rings is 2. The first kappa shape index (κ1) is 17.9. The van der Waals surface area contributed by atoms with Gasteiger partial charge in [0.15, 0.2) is 0 Å². The highest BCUT2D eigenvalue weighted by Crippen LogP contribution is 2.17. The van der Waals surface area contributed by atoms with Crippen LogP contribution in [0.25, 0.3) is 5.69 Å². The van der Waals surface area contributed by atoms with Crippen molar-refractivity contribution < 1.29 is 19.4 Å². The second-order valence-electron chi connectivity index (χ2n) is 5.56. The summed E-state index contributed by atoms with van der Waals surface area (Å²) in [4.78, 5) is 23.4. The number of hydrazone groups is 1. The molecule has 0 fully saturated rings. The van der Waals surface area contributed by atoms with Gasteiger partial charge in [0.05, 0.1) is 30.1 Å². The van der Waals surface area contributed by atoms with E-state index in [-0.39, 0.29) is 5.56 Å². The number of aromatic carboxylic acids is 1. The van der Waals surface area contributed by atoms with Gasteiger partial charge in [0.1, 0.15) is 5.75 Å². The van der Waals surface area contributed by atoms with Crippen molar-refractivity contribution in [3.63, 3.8) is 0 Å². The number of amides is 1. The first-order chi connectivity index (χ1) is 13.1. The predicted molar refractivity (Wildman–Crippen MR) is 101 cm³/mol. The molecule has 1 heterocycles. The van der Waals surface area contributed by atoms with Crippen molar-refractivity contribution in [2.24, 2.45) is 5.10 Å². The van der Waals surface area contributed by atoms with Crippen molar-refractivity contribution in [3.8, 4) is 11.4 Å². The van der Waals surface area contributed by atoms with Crippen molar-refractivity contribution in [1.82, 2.24) is 9.99 Å². The van der Waals surface area contributed by atoms with Gasteiger partial charge in [-0.15, -0.1) is 0 Å². The highest BCUT2D eigenvalue weighted by molar-refractivity contribution is 5.97. The van der Waals surface area contributed by atoms with Crippen molar-refractivity contribution in [2.45, 2.75) is 0 Å². The lowest BCUT2D eigenvalue weighted by molar-refractivity contribution is 0.0696. The zero-order valence-corrected chi connectivity index (χ0v) is 14.5. The van der Waals surface area contributed by atoms with Crippen LogP contribution in [-0.2, 0) is 0 Å². The first-order valence-corrected chi connectivity index (χ1v) is 8.07. The molecule has 0 saturated carbocycles. The Morgan fingerprint density at radius 3 is 2.70 bits per heavy atom. The van der Waals surface area contributed by atoms with Gasteiger partial charge in [-0.25, -0.2) is 10.2 Å². The topological polar surface area (TPSA) is 92.9 Å². The van der Waals surface area contributed by atoms with E-state index in [0.29, 0.717) is 22.7 Å². The van der Waals surface area contributed by atoms with E-state index < -0.39 is 11.9 Å². The van der Waals surface area contributed by atoms with Gasteiger partial charge in [0, 0.05) is 11.9 Å². The van der Waals surface area contributed by atoms with Crippen LogP contribution in [0.4, 0.5) is 0 Å². The molecule has 0 aliphatic heterocycles. The summed E-state index contributed by atoms with van der Waals surface area (Å²) >= 11 is 0. The maximum Gasteiger partial charge on any atom is 0.335 e. The van der Waals surface area contributed by atoms with Crippen LogP contribution in [0.1, 0.15) is 26.4 Å². The minimum absolute atomic E-state index is 0.188. The summed E-state index contributed by atoms with van der Waals surface area (Å²) in [6.07, 6.45) is 3.27. The number of nitrogens with zero attached hydrogens (tertiary/aromatic N) is 2. The van der Waals surface area contributed by atoms with Crippen LogP contribution in [0.2, 0.25) is 0 Å². The number of ether oxygens (including phenoxy) is 1. The molecule has 0 spiro atoms. The maximum atomic E-state index is 12.3. The summed E-state index contributed by atoms with van der Waals surface area (Å²) in [5, 5.41) is 13.1.